The number of carbonyl (C=O) groups is 1. The summed E-state index contributed by atoms with van der Waals surface area (Å²) < 4.78 is 5.71. The first-order valence-corrected chi connectivity index (χ1v) is 6.32. The molecule has 0 unspecified atom stereocenters. The zero-order valence-corrected chi connectivity index (χ0v) is 10.3. The maximum absolute atomic E-state index is 12.0. The minimum Gasteiger partial charge on any atom is -0.352 e. The van der Waals surface area contributed by atoms with E-state index < -0.39 is 0 Å². The van der Waals surface area contributed by atoms with Gasteiger partial charge in [0.15, 0.2) is 6.23 Å². The number of amides is 1. The van der Waals surface area contributed by atoms with Gasteiger partial charge in [-0.3, -0.25) is 4.79 Å². The lowest BCUT2D eigenvalue weighted by atomic mass is 10.2. The molecule has 1 aromatic rings. The average molecular weight is 282 g/mol. The van der Waals surface area contributed by atoms with Crippen molar-refractivity contribution in [2.45, 2.75) is 23.5 Å². The molecule has 0 bridgehead atoms. The summed E-state index contributed by atoms with van der Waals surface area (Å²) in [5.41, 5.74) is 1.06. The van der Waals surface area contributed by atoms with E-state index in [9.17, 15) is 4.79 Å². The van der Waals surface area contributed by atoms with Gasteiger partial charge in [0.25, 0.3) is 0 Å². The molecule has 0 radical (unpaired) electrons. The van der Waals surface area contributed by atoms with Crippen LogP contribution in [0.1, 0.15) is 18.2 Å². The van der Waals surface area contributed by atoms with Gasteiger partial charge in [-0.15, -0.1) is 0 Å². The van der Waals surface area contributed by atoms with E-state index in [0.717, 1.165) is 12.0 Å². The highest BCUT2D eigenvalue weighted by atomic mass is 79.9. The van der Waals surface area contributed by atoms with E-state index in [2.05, 4.69) is 15.9 Å². The van der Waals surface area contributed by atoms with Crippen LogP contribution in [-0.2, 0) is 9.53 Å². The van der Waals surface area contributed by atoms with Gasteiger partial charge >= 0.3 is 0 Å². The first kappa shape index (κ1) is 10.3. The standard InChI is InChI=1S/C12H12BrNO2/c13-10-6-9-7-16-12(14(9)11(10)15)8-4-2-1-3-5-8/h1-5,9-10,12H,6-7H2/t9-,10-,12+/m0/s1. The number of hydrogen-bond donors (Lipinski definition) is 0. The molecule has 3 rings (SSSR count). The van der Waals surface area contributed by atoms with Crippen LogP contribution in [-0.4, -0.2) is 28.3 Å². The summed E-state index contributed by atoms with van der Waals surface area (Å²) in [6, 6.07) is 10.1. The summed E-state index contributed by atoms with van der Waals surface area (Å²) in [5.74, 6) is 0.149. The third kappa shape index (κ3) is 1.48. The molecule has 1 aromatic carbocycles. The predicted molar refractivity (Wildman–Crippen MR) is 63.1 cm³/mol. The lowest BCUT2D eigenvalue weighted by Crippen LogP contribution is -2.32. The Morgan fingerprint density at radius 2 is 2.06 bits per heavy atom. The molecular formula is C12H12BrNO2. The summed E-state index contributed by atoms with van der Waals surface area (Å²) in [5, 5.41) is 0. The molecule has 0 aromatic heterocycles. The van der Waals surface area contributed by atoms with Gasteiger partial charge in [0.05, 0.1) is 17.5 Å². The number of hydrogen-bond acceptors (Lipinski definition) is 2. The van der Waals surface area contributed by atoms with E-state index in [1.165, 1.54) is 0 Å². The Kier molecular flexibility index (Phi) is 2.48. The highest BCUT2D eigenvalue weighted by Gasteiger charge is 2.47. The molecule has 1 amide bonds. The molecule has 0 spiro atoms. The number of carbonyl (C=O) groups excluding carboxylic acids is 1. The molecule has 84 valence electrons. The van der Waals surface area contributed by atoms with Gasteiger partial charge < -0.3 is 9.64 Å². The molecular weight excluding hydrogens is 270 g/mol. The SMILES string of the molecule is O=C1[C@@H](Br)C[C@H]2CO[C@H](c3ccccc3)N12. The fraction of sp³-hybridized carbons (Fsp3) is 0.417. The van der Waals surface area contributed by atoms with Crippen molar-refractivity contribution in [3.8, 4) is 0 Å². The van der Waals surface area contributed by atoms with Crippen LogP contribution in [0.4, 0.5) is 0 Å². The van der Waals surface area contributed by atoms with Gasteiger partial charge in [-0.25, -0.2) is 0 Å². The normalized spacial score (nSPS) is 33.2. The Hall–Kier alpha value is -0.870. The van der Waals surface area contributed by atoms with Gasteiger partial charge in [0.1, 0.15) is 0 Å². The quantitative estimate of drug-likeness (QED) is 0.738. The van der Waals surface area contributed by atoms with Crippen LogP contribution in [0, 0.1) is 0 Å². The molecule has 4 heteroatoms. The van der Waals surface area contributed by atoms with Crippen LogP contribution in [0.3, 0.4) is 0 Å². The van der Waals surface area contributed by atoms with Crippen LogP contribution in [0.2, 0.25) is 0 Å². The van der Waals surface area contributed by atoms with Crippen molar-refractivity contribution >= 4 is 21.8 Å². The third-order valence-electron chi connectivity index (χ3n) is 3.18. The number of alkyl halides is 1. The molecule has 2 aliphatic rings. The summed E-state index contributed by atoms with van der Waals surface area (Å²) in [4.78, 5) is 13.8. The van der Waals surface area contributed by atoms with Gasteiger partial charge in [0.2, 0.25) is 5.91 Å². The minimum absolute atomic E-state index is 0.0346. The van der Waals surface area contributed by atoms with E-state index in [0.29, 0.717) is 6.61 Å². The van der Waals surface area contributed by atoms with Crippen molar-refractivity contribution in [2.75, 3.05) is 6.61 Å². The molecule has 3 atom stereocenters. The molecule has 2 heterocycles. The Labute approximate surface area is 103 Å². The molecule has 16 heavy (non-hydrogen) atoms. The second kappa shape index (κ2) is 3.86. The molecule has 2 aliphatic heterocycles. The predicted octanol–water partition coefficient (Wildman–Crippen LogP) is 2.08. The van der Waals surface area contributed by atoms with Crippen molar-refractivity contribution in [1.29, 1.82) is 0 Å². The minimum atomic E-state index is -0.193. The van der Waals surface area contributed by atoms with Gasteiger partial charge in [-0.1, -0.05) is 46.3 Å². The molecule has 3 nitrogen and oxygen atoms in total. The lowest BCUT2D eigenvalue weighted by Gasteiger charge is -2.22. The zero-order valence-electron chi connectivity index (χ0n) is 8.67. The van der Waals surface area contributed by atoms with Gasteiger partial charge in [-0.05, 0) is 6.42 Å². The fourth-order valence-corrected chi connectivity index (χ4v) is 3.08. The third-order valence-corrected chi connectivity index (χ3v) is 3.94. The first-order chi connectivity index (χ1) is 7.77. The van der Waals surface area contributed by atoms with Crippen LogP contribution >= 0.6 is 15.9 Å². The van der Waals surface area contributed by atoms with Crippen LogP contribution in [0.25, 0.3) is 0 Å². The Morgan fingerprint density at radius 3 is 2.81 bits per heavy atom. The largest absolute Gasteiger partial charge is 0.352 e. The van der Waals surface area contributed by atoms with Crippen LogP contribution in [0.15, 0.2) is 30.3 Å². The van der Waals surface area contributed by atoms with E-state index in [-0.39, 0.29) is 23.0 Å². The maximum Gasteiger partial charge on any atom is 0.239 e. The molecule has 0 aliphatic carbocycles. The smallest absolute Gasteiger partial charge is 0.239 e. The van der Waals surface area contributed by atoms with Crippen LogP contribution in [0.5, 0.6) is 0 Å². The molecule has 0 saturated carbocycles. The maximum atomic E-state index is 12.0. The first-order valence-electron chi connectivity index (χ1n) is 5.40. The number of benzene rings is 1. The Balaban J connectivity index is 1.91. The second-order valence-electron chi connectivity index (χ2n) is 4.20. The molecule has 0 N–H and O–H groups in total. The topological polar surface area (TPSA) is 29.5 Å². The number of halogens is 1. The van der Waals surface area contributed by atoms with Gasteiger partial charge in [0, 0.05) is 5.56 Å². The highest BCUT2D eigenvalue weighted by Crippen LogP contribution is 2.39. The monoisotopic (exact) mass is 281 g/mol. The van der Waals surface area contributed by atoms with Crippen molar-refractivity contribution < 1.29 is 9.53 Å². The summed E-state index contributed by atoms with van der Waals surface area (Å²) in [6.07, 6.45) is 0.656. The van der Waals surface area contributed by atoms with Crippen molar-refractivity contribution in [1.82, 2.24) is 4.90 Å². The van der Waals surface area contributed by atoms with Crippen LogP contribution < -0.4 is 0 Å². The summed E-state index contributed by atoms with van der Waals surface area (Å²) in [7, 11) is 0. The van der Waals surface area contributed by atoms with E-state index in [4.69, 9.17) is 4.74 Å². The number of fused-ring (bicyclic) bond motifs is 1. The Morgan fingerprint density at radius 1 is 1.31 bits per heavy atom. The molecule has 2 saturated heterocycles. The second-order valence-corrected chi connectivity index (χ2v) is 5.30. The molecule has 2 fully saturated rings. The van der Waals surface area contributed by atoms with E-state index in [1.807, 2.05) is 35.2 Å². The van der Waals surface area contributed by atoms with E-state index >= 15 is 0 Å². The van der Waals surface area contributed by atoms with E-state index in [1.54, 1.807) is 0 Å². The zero-order chi connectivity index (χ0) is 11.1. The average Bonchev–Trinajstić information content (AvgIpc) is 2.83. The lowest BCUT2D eigenvalue weighted by molar-refractivity contribution is -0.133. The van der Waals surface area contributed by atoms with Crippen molar-refractivity contribution in [3.63, 3.8) is 0 Å². The highest BCUT2D eigenvalue weighted by molar-refractivity contribution is 9.10. The summed E-state index contributed by atoms with van der Waals surface area (Å²) >= 11 is 3.41. The number of rotatable bonds is 1. The number of nitrogens with zero attached hydrogens (tertiary/aromatic N) is 1. The fourth-order valence-electron chi connectivity index (χ4n) is 2.41. The number of ether oxygens (including phenoxy) is 1. The van der Waals surface area contributed by atoms with Crippen molar-refractivity contribution in [3.05, 3.63) is 35.9 Å². The van der Waals surface area contributed by atoms with Gasteiger partial charge in [-0.2, -0.15) is 0 Å². The van der Waals surface area contributed by atoms with Crippen molar-refractivity contribution in [2.24, 2.45) is 0 Å². The Bertz CT molecular complexity index is 409. The summed E-state index contributed by atoms with van der Waals surface area (Å²) in [6.45, 7) is 0.646.